The van der Waals surface area contributed by atoms with Crippen LogP contribution in [0.1, 0.15) is 0 Å². The van der Waals surface area contributed by atoms with Crippen molar-refractivity contribution < 1.29 is 8.78 Å². The second kappa shape index (κ2) is 6.13. The molecule has 1 heterocycles. The summed E-state index contributed by atoms with van der Waals surface area (Å²) in [4.78, 5) is 4.18. The van der Waals surface area contributed by atoms with Gasteiger partial charge in [0.1, 0.15) is 11.6 Å². The van der Waals surface area contributed by atoms with E-state index in [4.69, 9.17) is 0 Å². The van der Waals surface area contributed by atoms with Gasteiger partial charge in [-0.2, -0.15) is 10.1 Å². The Morgan fingerprint density at radius 1 is 0.818 bits per heavy atom. The zero-order valence-electron chi connectivity index (χ0n) is 11.3. The van der Waals surface area contributed by atoms with Crippen molar-refractivity contribution >= 4 is 23.1 Å². The standard InChI is InChI=1S/C15H11F2N5/c16-10-3-1-5-12(7-10)19-14-9-18-22-15(21-14)20-13-6-2-4-11(17)8-13/h1-9H,(H2,19,20,21,22). The normalized spacial score (nSPS) is 10.3. The summed E-state index contributed by atoms with van der Waals surface area (Å²) in [6.45, 7) is 0. The average Bonchev–Trinajstić information content (AvgIpc) is 2.47. The maximum absolute atomic E-state index is 13.1. The third-order valence-electron chi connectivity index (χ3n) is 2.74. The molecule has 0 amide bonds. The van der Waals surface area contributed by atoms with Crippen LogP contribution in [-0.4, -0.2) is 15.2 Å². The summed E-state index contributed by atoms with van der Waals surface area (Å²) in [5.74, 6) is -0.136. The van der Waals surface area contributed by atoms with Crippen LogP contribution in [0.5, 0.6) is 0 Å². The van der Waals surface area contributed by atoms with E-state index in [1.165, 1.54) is 30.5 Å². The second-order valence-corrected chi connectivity index (χ2v) is 4.44. The summed E-state index contributed by atoms with van der Waals surface area (Å²) in [6, 6.07) is 11.9. The van der Waals surface area contributed by atoms with Crippen LogP contribution in [0.15, 0.2) is 54.7 Å². The lowest BCUT2D eigenvalue weighted by Crippen LogP contribution is -2.02. The van der Waals surface area contributed by atoms with E-state index in [-0.39, 0.29) is 17.6 Å². The van der Waals surface area contributed by atoms with Crippen molar-refractivity contribution in [3.8, 4) is 0 Å². The van der Waals surface area contributed by atoms with E-state index in [0.29, 0.717) is 17.2 Å². The van der Waals surface area contributed by atoms with Crippen LogP contribution in [0.25, 0.3) is 0 Å². The van der Waals surface area contributed by atoms with Crippen molar-refractivity contribution in [2.24, 2.45) is 0 Å². The number of benzene rings is 2. The molecule has 3 aromatic rings. The molecule has 0 bridgehead atoms. The van der Waals surface area contributed by atoms with Crippen LogP contribution in [0, 0.1) is 11.6 Å². The zero-order chi connectivity index (χ0) is 15.4. The highest BCUT2D eigenvalue weighted by Crippen LogP contribution is 2.17. The van der Waals surface area contributed by atoms with Crippen LogP contribution in [0.2, 0.25) is 0 Å². The molecule has 5 nitrogen and oxygen atoms in total. The Balaban J connectivity index is 1.78. The maximum atomic E-state index is 13.1. The van der Waals surface area contributed by atoms with Crippen LogP contribution >= 0.6 is 0 Å². The van der Waals surface area contributed by atoms with Gasteiger partial charge >= 0.3 is 0 Å². The molecule has 110 valence electrons. The number of aromatic nitrogens is 3. The summed E-state index contributed by atoms with van der Waals surface area (Å²) in [5.41, 5.74) is 1.04. The minimum absolute atomic E-state index is 0.201. The monoisotopic (exact) mass is 299 g/mol. The number of rotatable bonds is 4. The molecule has 7 heteroatoms. The van der Waals surface area contributed by atoms with Crippen molar-refractivity contribution in [2.45, 2.75) is 0 Å². The molecule has 0 saturated carbocycles. The molecule has 0 saturated heterocycles. The van der Waals surface area contributed by atoms with Crippen LogP contribution in [0.4, 0.5) is 31.9 Å². The van der Waals surface area contributed by atoms with Gasteiger partial charge in [0.15, 0.2) is 5.82 Å². The first-order valence-electron chi connectivity index (χ1n) is 6.44. The van der Waals surface area contributed by atoms with Crippen molar-refractivity contribution in [1.29, 1.82) is 0 Å². The average molecular weight is 299 g/mol. The van der Waals surface area contributed by atoms with Crippen LogP contribution in [0.3, 0.4) is 0 Å². The fourth-order valence-electron chi connectivity index (χ4n) is 1.83. The molecule has 0 spiro atoms. The third-order valence-corrected chi connectivity index (χ3v) is 2.74. The van der Waals surface area contributed by atoms with Gasteiger partial charge in [-0.3, -0.25) is 0 Å². The first-order chi connectivity index (χ1) is 10.7. The quantitative estimate of drug-likeness (QED) is 0.770. The number of halogens is 2. The summed E-state index contributed by atoms with van der Waals surface area (Å²) in [6.07, 6.45) is 1.40. The Labute approximate surface area is 125 Å². The van der Waals surface area contributed by atoms with Gasteiger partial charge in [-0.15, -0.1) is 5.10 Å². The Kier molecular flexibility index (Phi) is 3.86. The number of nitrogens with zero attached hydrogens (tertiary/aromatic N) is 3. The lowest BCUT2D eigenvalue weighted by molar-refractivity contribution is 0.628. The van der Waals surface area contributed by atoms with E-state index in [9.17, 15) is 8.78 Å². The summed E-state index contributed by atoms with van der Waals surface area (Å²) in [7, 11) is 0. The van der Waals surface area contributed by atoms with Gasteiger partial charge in [0, 0.05) is 11.4 Å². The van der Waals surface area contributed by atoms with Gasteiger partial charge in [-0.05, 0) is 36.4 Å². The summed E-state index contributed by atoms with van der Waals surface area (Å²) < 4.78 is 26.3. The van der Waals surface area contributed by atoms with Crippen LogP contribution in [-0.2, 0) is 0 Å². The summed E-state index contributed by atoms with van der Waals surface area (Å²) >= 11 is 0. The first-order valence-corrected chi connectivity index (χ1v) is 6.44. The van der Waals surface area contributed by atoms with E-state index < -0.39 is 0 Å². The van der Waals surface area contributed by atoms with Crippen LogP contribution < -0.4 is 10.6 Å². The second-order valence-electron chi connectivity index (χ2n) is 4.44. The molecule has 0 unspecified atom stereocenters. The molecule has 0 aliphatic rings. The molecule has 0 fully saturated rings. The topological polar surface area (TPSA) is 62.7 Å². The lowest BCUT2D eigenvalue weighted by atomic mass is 10.3. The van der Waals surface area contributed by atoms with Gasteiger partial charge in [0.25, 0.3) is 0 Å². The molecule has 0 radical (unpaired) electrons. The SMILES string of the molecule is Fc1cccc(Nc2cnnc(Nc3cccc(F)c3)n2)c1. The van der Waals surface area contributed by atoms with Gasteiger partial charge < -0.3 is 10.6 Å². The van der Waals surface area contributed by atoms with E-state index in [1.54, 1.807) is 24.3 Å². The highest BCUT2D eigenvalue weighted by molar-refractivity contribution is 5.58. The molecule has 2 aromatic carbocycles. The fraction of sp³-hybridized carbons (Fsp3) is 0. The highest BCUT2D eigenvalue weighted by atomic mass is 19.1. The van der Waals surface area contributed by atoms with Crippen molar-refractivity contribution in [1.82, 2.24) is 15.2 Å². The Bertz CT molecular complexity index is 731. The largest absolute Gasteiger partial charge is 0.339 e. The van der Waals surface area contributed by atoms with Crippen molar-refractivity contribution in [2.75, 3.05) is 10.6 Å². The van der Waals surface area contributed by atoms with Gasteiger partial charge in [-0.1, -0.05) is 12.1 Å². The molecule has 0 aliphatic carbocycles. The van der Waals surface area contributed by atoms with E-state index in [1.807, 2.05) is 0 Å². The van der Waals surface area contributed by atoms with Crippen molar-refractivity contribution in [3.63, 3.8) is 0 Å². The molecule has 3 rings (SSSR count). The molecular formula is C15H11F2N5. The maximum Gasteiger partial charge on any atom is 0.249 e. The van der Waals surface area contributed by atoms with Gasteiger partial charge in [0.05, 0.1) is 6.20 Å². The van der Waals surface area contributed by atoms with E-state index in [0.717, 1.165) is 0 Å². The molecule has 1 aromatic heterocycles. The predicted octanol–water partition coefficient (Wildman–Crippen LogP) is 3.64. The number of nitrogens with one attached hydrogen (secondary N) is 2. The zero-order valence-corrected chi connectivity index (χ0v) is 11.3. The molecular weight excluding hydrogens is 288 g/mol. The highest BCUT2D eigenvalue weighted by Gasteiger charge is 2.03. The summed E-state index contributed by atoms with van der Waals surface area (Å²) in [5, 5.41) is 13.4. The molecule has 0 atom stereocenters. The molecule has 2 N–H and O–H groups in total. The minimum Gasteiger partial charge on any atom is -0.339 e. The van der Waals surface area contributed by atoms with Crippen molar-refractivity contribution in [3.05, 3.63) is 66.4 Å². The van der Waals surface area contributed by atoms with Gasteiger partial charge in [0.2, 0.25) is 5.95 Å². The smallest absolute Gasteiger partial charge is 0.249 e. The Hall–Kier alpha value is -3.09. The minimum atomic E-state index is -0.369. The number of anilines is 4. The number of hydrogen-bond donors (Lipinski definition) is 2. The van der Waals surface area contributed by atoms with E-state index >= 15 is 0 Å². The Morgan fingerprint density at radius 3 is 2.09 bits per heavy atom. The fourth-order valence-corrected chi connectivity index (χ4v) is 1.83. The molecule has 0 aliphatic heterocycles. The Morgan fingerprint density at radius 2 is 1.45 bits per heavy atom. The third kappa shape index (κ3) is 3.51. The first kappa shape index (κ1) is 13.9. The lowest BCUT2D eigenvalue weighted by Gasteiger charge is -2.07. The molecule has 22 heavy (non-hydrogen) atoms. The number of hydrogen-bond acceptors (Lipinski definition) is 5. The predicted molar refractivity (Wildman–Crippen MR) is 79.2 cm³/mol. The van der Waals surface area contributed by atoms with E-state index in [2.05, 4.69) is 25.8 Å². The van der Waals surface area contributed by atoms with Gasteiger partial charge in [-0.25, -0.2) is 8.78 Å².